The SMILES string of the molecule is COCCOCCOCC(=O)OCCC(C)(C)OC. The molecule has 6 nitrogen and oxygen atoms in total. The maximum Gasteiger partial charge on any atom is 0.332 e. The van der Waals surface area contributed by atoms with Crippen LogP contribution in [-0.2, 0) is 28.5 Å². The van der Waals surface area contributed by atoms with Crippen LogP contribution in [0.5, 0.6) is 0 Å². The first-order valence-electron chi connectivity index (χ1n) is 6.37. The fourth-order valence-corrected chi connectivity index (χ4v) is 1.07. The Bertz CT molecular complexity index is 229. The van der Waals surface area contributed by atoms with Gasteiger partial charge in [-0.25, -0.2) is 4.79 Å². The van der Waals surface area contributed by atoms with E-state index in [1.807, 2.05) is 13.8 Å². The standard InChI is InChI=1S/C13H26O6/c1-13(2,16-4)5-6-19-12(14)11-18-10-9-17-8-7-15-3/h5-11H2,1-4H3. The van der Waals surface area contributed by atoms with Crippen molar-refractivity contribution in [1.29, 1.82) is 0 Å². The van der Waals surface area contributed by atoms with Gasteiger partial charge >= 0.3 is 5.97 Å². The number of methoxy groups -OCH3 is 2. The third kappa shape index (κ3) is 12.1. The number of esters is 1. The van der Waals surface area contributed by atoms with Crippen molar-refractivity contribution in [3.8, 4) is 0 Å². The largest absolute Gasteiger partial charge is 0.464 e. The average molecular weight is 278 g/mol. The van der Waals surface area contributed by atoms with Crippen LogP contribution >= 0.6 is 0 Å². The van der Waals surface area contributed by atoms with Crippen LogP contribution in [0.15, 0.2) is 0 Å². The van der Waals surface area contributed by atoms with Crippen molar-refractivity contribution in [3.05, 3.63) is 0 Å². The highest BCUT2D eigenvalue weighted by atomic mass is 16.6. The Balaban J connectivity index is 3.35. The lowest BCUT2D eigenvalue weighted by Gasteiger charge is -2.22. The summed E-state index contributed by atoms with van der Waals surface area (Å²) in [5, 5.41) is 0. The third-order valence-electron chi connectivity index (χ3n) is 2.54. The summed E-state index contributed by atoms with van der Waals surface area (Å²) in [7, 11) is 3.25. The van der Waals surface area contributed by atoms with E-state index in [0.717, 1.165) is 0 Å². The summed E-state index contributed by atoms with van der Waals surface area (Å²) in [6.45, 7) is 6.03. The van der Waals surface area contributed by atoms with Gasteiger partial charge in [-0.3, -0.25) is 0 Å². The normalized spacial score (nSPS) is 11.6. The summed E-state index contributed by atoms with van der Waals surface area (Å²) in [6.07, 6.45) is 0.648. The van der Waals surface area contributed by atoms with Crippen LogP contribution in [0.2, 0.25) is 0 Å². The van der Waals surface area contributed by atoms with E-state index in [1.165, 1.54) is 0 Å². The number of ether oxygens (including phenoxy) is 5. The van der Waals surface area contributed by atoms with Gasteiger partial charge < -0.3 is 23.7 Å². The maximum atomic E-state index is 11.3. The van der Waals surface area contributed by atoms with E-state index in [0.29, 0.717) is 39.5 Å². The smallest absolute Gasteiger partial charge is 0.332 e. The van der Waals surface area contributed by atoms with E-state index in [9.17, 15) is 4.79 Å². The van der Waals surface area contributed by atoms with Crippen LogP contribution in [-0.4, -0.2) is 65.4 Å². The van der Waals surface area contributed by atoms with Gasteiger partial charge in [0.25, 0.3) is 0 Å². The molecule has 0 saturated heterocycles. The Labute approximate surface area is 115 Å². The molecule has 0 heterocycles. The topological polar surface area (TPSA) is 63.2 Å². The molecule has 0 bridgehead atoms. The van der Waals surface area contributed by atoms with Crippen molar-refractivity contribution in [2.75, 3.05) is 53.9 Å². The Morgan fingerprint density at radius 3 is 2.21 bits per heavy atom. The van der Waals surface area contributed by atoms with Crippen LogP contribution in [0.3, 0.4) is 0 Å². The minimum atomic E-state index is -0.371. The highest BCUT2D eigenvalue weighted by Gasteiger charge is 2.16. The summed E-state index contributed by atoms with van der Waals surface area (Å²) >= 11 is 0. The van der Waals surface area contributed by atoms with Crippen molar-refractivity contribution in [1.82, 2.24) is 0 Å². The second-order valence-corrected chi connectivity index (χ2v) is 4.59. The van der Waals surface area contributed by atoms with Crippen molar-refractivity contribution < 1.29 is 28.5 Å². The van der Waals surface area contributed by atoms with E-state index in [4.69, 9.17) is 23.7 Å². The lowest BCUT2D eigenvalue weighted by molar-refractivity contribution is -0.151. The molecule has 0 saturated carbocycles. The van der Waals surface area contributed by atoms with Gasteiger partial charge in [0.2, 0.25) is 0 Å². The van der Waals surface area contributed by atoms with Gasteiger partial charge in [0, 0.05) is 20.6 Å². The maximum absolute atomic E-state index is 11.3. The van der Waals surface area contributed by atoms with Crippen molar-refractivity contribution in [2.24, 2.45) is 0 Å². The van der Waals surface area contributed by atoms with Gasteiger partial charge in [0.05, 0.1) is 38.6 Å². The Morgan fingerprint density at radius 1 is 0.947 bits per heavy atom. The predicted molar refractivity (Wildman–Crippen MR) is 70.2 cm³/mol. The van der Waals surface area contributed by atoms with Gasteiger partial charge in [-0.2, -0.15) is 0 Å². The summed E-state index contributed by atoms with van der Waals surface area (Å²) in [4.78, 5) is 11.3. The Morgan fingerprint density at radius 2 is 1.58 bits per heavy atom. The molecule has 6 heteroatoms. The lowest BCUT2D eigenvalue weighted by atomic mass is 10.1. The van der Waals surface area contributed by atoms with Gasteiger partial charge in [-0.1, -0.05) is 0 Å². The number of hydrogen-bond acceptors (Lipinski definition) is 6. The van der Waals surface area contributed by atoms with Crippen molar-refractivity contribution >= 4 is 5.97 Å². The Kier molecular flexibility index (Phi) is 10.8. The molecule has 0 spiro atoms. The molecular weight excluding hydrogens is 252 g/mol. The van der Waals surface area contributed by atoms with E-state index in [2.05, 4.69) is 0 Å². The molecule has 0 aliphatic heterocycles. The second-order valence-electron chi connectivity index (χ2n) is 4.59. The number of rotatable bonds is 12. The summed E-state index contributed by atoms with van der Waals surface area (Å²) in [5.41, 5.74) is -0.281. The van der Waals surface area contributed by atoms with Gasteiger partial charge in [0.1, 0.15) is 6.61 Å². The number of carbonyl (C=O) groups excluding carboxylic acids is 1. The van der Waals surface area contributed by atoms with E-state index < -0.39 is 0 Å². The van der Waals surface area contributed by atoms with Crippen LogP contribution < -0.4 is 0 Å². The molecule has 0 N–H and O–H groups in total. The van der Waals surface area contributed by atoms with Crippen molar-refractivity contribution in [2.45, 2.75) is 25.9 Å². The van der Waals surface area contributed by atoms with Crippen LogP contribution in [0, 0.1) is 0 Å². The van der Waals surface area contributed by atoms with Crippen LogP contribution in [0.4, 0.5) is 0 Å². The molecular formula is C13H26O6. The molecule has 0 aromatic rings. The van der Waals surface area contributed by atoms with E-state index in [1.54, 1.807) is 14.2 Å². The van der Waals surface area contributed by atoms with Crippen molar-refractivity contribution in [3.63, 3.8) is 0 Å². The fraction of sp³-hybridized carbons (Fsp3) is 0.923. The fourth-order valence-electron chi connectivity index (χ4n) is 1.07. The molecule has 0 atom stereocenters. The molecule has 0 aliphatic rings. The molecule has 0 aromatic heterocycles. The monoisotopic (exact) mass is 278 g/mol. The quantitative estimate of drug-likeness (QED) is 0.392. The van der Waals surface area contributed by atoms with Gasteiger partial charge in [-0.05, 0) is 13.8 Å². The van der Waals surface area contributed by atoms with E-state index in [-0.39, 0.29) is 18.2 Å². The van der Waals surface area contributed by atoms with Crippen LogP contribution in [0.1, 0.15) is 20.3 Å². The van der Waals surface area contributed by atoms with Gasteiger partial charge in [0.15, 0.2) is 0 Å². The second kappa shape index (κ2) is 11.2. The molecule has 19 heavy (non-hydrogen) atoms. The first-order valence-corrected chi connectivity index (χ1v) is 6.37. The molecule has 114 valence electrons. The zero-order chi connectivity index (χ0) is 14.6. The summed E-state index contributed by atoms with van der Waals surface area (Å²) in [5.74, 6) is -0.371. The summed E-state index contributed by atoms with van der Waals surface area (Å²) in [6, 6.07) is 0. The first-order chi connectivity index (χ1) is 9.02. The molecule has 0 fully saturated rings. The molecule has 0 aliphatic carbocycles. The zero-order valence-corrected chi connectivity index (χ0v) is 12.4. The first kappa shape index (κ1) is 18.3. The van der Waals surface area contributed by atoms with E-state index >= 15 is 0 Å². The highest BCUT2D eigenvalue weighted by molar-refractivity contribution is 5.70. The zero-order valence-electron chi connectivity index (χ0n) is 12.4. The predicted octanol–water partition coefficient (Wildman–Crippen LogP) is 1.02. The molecule has 0 amide bonds. The minimum Gasteiger partial charge on any atom is -0.464 e. The average Bonchev–Trinajstić information content (AvgIpc) is 2.37. The Hall–Kier alpha value is -0.690. The third-order valence-corrected chi connectivity index (χ3v) is 2.54. The van der Waals surface area contributed by atoms with Gasteiger partial charge in [-0.15, -0.1) is 0 Å². The minimum absolute atomic E-state index is 0.0545. The molecule has 0 unspecified atom stereocenters. The lowest BCUT2D eigenvalue weighted by Crippen LogP contribution is -2.26. The number of carbonyl (C=O) groups is 1. The molecule has 0 aromatic carbocycles. The highest BCUT2D eigenvalue weighted by Crippen LogP contribution is 2.12. The van der Waals surface area contributed by atoms with Crippen LogP contribution in [0.25, 0.3) is 0 Å². The molecule has 0 rings (SSSR count). The molecule has 0 radical (unpaired) electrons. The number of hydrogen-bond donors (Lipinski definition) is 0. The summed E-state index contributed by atoms with van der Waals surface area (Å²) < 4.78 is 25.3.